The van der Waals surface area contributed by atoms with E-state index >= 15 is 0 Å². The smallest absolute Gasteiger partial charge is 0.262 e. The van der Waals surface area contributed by atoms with E-state index in [2.05, 4.69) is 5.32 Å². The summed E-state index contributed by atoms with van der Waals surface area (Å²) in [5.74, 6) is -2.20. The zero-order valence-electron chi connectivity index (χ0n) is 11.5. The lowest BCUT2D eigenvalue weighted by molar-refractivity contribution is -0.118. The molecule has 0 spiro atoms. The first-order valence-corrected chi connectivity index (χ1v) is 7.89. The van der Waals surface area contributed by atoms with E-state index in [9.17, 15) is 22.0 Å². The third kappa shape index (κ3) is 2.95. The molecule has 1 aliphatic heterocycles. The second-order valence-corrected chi connectivity index (χ2v) is 6.38. The molecule has 0 saturated carbocycles. The molecule has 0 unspecified atom stereocenters. The molecule has 9 heteroatoms. The minimum atomic E-state index is -4.25. The summed E-state index contributed by atoms with van der Waals surface area (Å²) in [5, 5.41) is 2.45. The molecule has 2 N–H and O–H groups in total. The van der Waals surface area contributed by atoms with Crippen molar-refractivity contribution in [2.75, 3.05) is 16.6 Å². The van der Waals surface area contributed by atoms with Gasteiger partial charge in [0.15, 0.2) is 6.61 Å². The molecule has 0 aliphatic carbocycles. The second-order valence-electron chi connectivity index (χ2n) is 4.70. The summed E-state index contributed by atoms with van der Waals surface area (Å²) in [5.41, 5.74) is -0.608. The Morgan fingerprint density at radius 2 is 1.83 bits per heavy atom. The van der Waals surface area contributed by atoms with Gasteiger partial charge >= 0.3 is 0 Å². The van der Waals surface area contributed by atoms with Crippen LogP contribution in [0.15, 0.2) is 41.3 Å². The van der Waals surface area contributed by atoms with Crippen LogP contribution in [0.3, 0.4) is 0 Å². The van der Waals surface area contributed by atoms with Crippen molar-refractivity contribution in [1.82, 2.24) is 0 Å². The van der Waals surface area contributed by atoms with Gasteiger partial charge in [-0.2, -0.15) is 0 Å². The van der Waals surface area contributed by atoms with Gasteiger partial charge in [-0.25, -0.2) is 17.2 Å². The van der Waals surface area contributed by atoms with Crippen LogP contribution in [0.5, 0.6) is 5.75 Å². The molecule has 0 radical (unpaired) electrons. The number of anilines is 2. The van der Waals surface area contributed by atoms with Gasteiger partial charge in [-0.3, -0.25) is 9.52 Å². The molecule has 2 aromatic rings. The van der Waals surface area contributed by atoms with Crippen LogP contribution in [0.1, 0.15) is 0 Å². The molecule has 3 rings (SSSR count). The maximum Gasteiger partial charge on any atom is 0.262 e. The number of halogens is 2. The number of para-hydroxylation sites is 1. The standard InChI is InChI=1S/C14H10F2N2O4S/c15-9-2-1-3-10(16)14(9)18-23(20,21)8-4-5-12-11(6-8)17-13(19)7-22-12/h1-6,18H,7H2,(H,17,19). The number of carbonyl (C=O) groups is 1. The molecule has 0 saturated heterocycles. The summed E-state index contributed by atoms with van der Waals surface area (Å²) in [4.78, 5) is 11.0. The molecule has 2 aromatic carbocycles. The van der Waals surface area contributed by atoms with Crippen molar-refractivity contribution in [2.45, 2.75) is 4.90 Å². The lowest BCUT2D eigenvalue weighted by Crippen LogP contribution is -2.25. The van der Waals surface area contributed by atoms with E-state index in [1.165, 1.54) is 12.1 Å². The average Bonchev–Trinajstić information content (AvgIpc) is 2.50. The Morgan fingerprint density at radius 3 is 2.52 bits per heavy atom. The van der Waals surface area contributed by atoms with Crippen molar-refractivity contribution >= 4 is 27.3 Å². The Kier molecular flexibility index (Phi) is 3.64. The van der Waals surface area contributed by atoms with Crippen LogP contribution in [0, 0.1) is 11.6 Å². The zero-order chi connectivity index (χ0) is 16.6. The lowest BCUT2D eigenvalue weighted by atomic mass is 10.2. The van der Waals surface area contributed by atoms with E-state index in [0.29, 0.717) is 5.75 Å². The van der Waals surface area contributed by atoms with Crippen LogP contribution in [-0.2, 0) is 14.8 Å². The third-order valence-electron chi connectivity index (χ3n) is 3.09. The predicted molar refractivity (Wildman–Crippen MR) is 77.7 cm³/mol. The monoisotopic (exact) mass is 340 g/mol. The molecule has 120 valence electrons. The van der Waals surface area contributed by atoms with Crippen LogP contribution < -0.4 is 14.8 Å². The molecule has 0 atom stereocenters. The first-order chi connectivity index (χ1) is 10.9. The molecule has 1 aliphatic rings. The van der Waals surface area contributed by atoms with Crippen LogP contribution >= 0.6 is 0 Å². The number of nitrogens with one attached hydrogen (secondary N) is 2. The number of carbonyl (C=O) groups excluding carboxylic acids is 1. The lowest BCUT2D eigenvalue weighted by Gasteiger charge is -2.18. The minimum absolute atomic E-state index is 0.165. The van der Waals surface area contributed by atoms with Crippen LogP contribution in [0.4, 0.5) is 20.2 Å². The molecule has 1 amide bonds. The number of fused-ring (bicyclic) bond motifs is 1. The summed E-state index contributed by atoms with van der Waals surface area (Å²) < 4.78 is 58.7. The van der Waals surface area contributed by atoms with E-state index in [1.807, 2.05) is 4.72 Å². The van der Waals surface area contributed by atoms with Gasteiger partial charge in [0, 0.05) is 0 Å². The van der Waals surface area contributed by atoms with Crippen LogP contribution in [0.25, 0.3) is 0 Å². The van der Waals surface area contributed by atoms with E-state index in [4.69, 9.17) is 4.74 Å². The van der Waals surface area contributed by atoms with Crippen molar-refractivity contribution in [3.63, 3.8) is 0 Å². The summed E-state index contributed by atoms with van der Waals surface area (Å²) in [6.45, 7) is -0.169. The fourth-order valence-corrected chi connectivity index (χ4v) is 3.12. The highest BCUT2D eigenvalue weighted by molar-refractivity contribution is 7.92. The number of hydrogen-bond donors (Lipinski definition) is 2. The van der Waals surface area contributed by atoms with E-state index in [-0.39, 0.29) is 17.2 Å². The zero-order valence-corrected chi connectivity index (χ0v) is 12.3. The van der Waals surface area contributed by atoms with Crippen LogP contribution in [-0.4, -0.2) is 20.9 Å². The van der Waals surface area contributed by atoms with Crippen molar-refractivity contribution in [1.29, 1.82) is 0 Å². The molecule has 6 nitrogen and oxygen atoms in total. The van der Waals surface area contributed by atoms with Crippen molar-refractivity contribution < 1.29 is 26.7 Å². The topological polar surface area (TPSA) is 84.5 Å². The predicted octanol–water partition coefficient (Wildman–Crippen LogP) is 2.10. The van der Waals surface area contributed by atoms with Crippen molar-refractivity contribution in [2.24, 2.45) is 0 Å². The number of hydrogen-bond acceptors (Lipinski definition) is 4. The highest BCUT2D eigenvalue weighted by Crippen LogP contribution is 2.31. The molecular weight excluding hydrogens is 330 g/mol. The van der Waals surface area contributed by atoms with Gasteiger partial charge in [0.25, 0.3) is 15.9 Å². The highest BCUT2D eigenvalue weighted by atomic mass is 32.2. The summed E-state index contributed by atoms with van der Waals surface area (Å²) in [6, 6.07) is 6.68. The maximum atomic E-state index is 13.6. The summed E-state index contributed by atoms with van der Waals surface area (Å²) in [7, 11) is -4.25. The number of amides is 1. The number of ether oxygens (including phenoxy) is 1. The van der Waals surface area contributed by atoms with Gasteiger partial charge in [-0.05, 0) is 30.3 Å². The largest absolute Gasteiger partial charge is 0.482 e. The van der Waals surface area contributed by atoms with Gasteiger partial charge < -0.3 is 10.1 Å². The summed E-state index contributed by atoms with van der Waals surface area (Å²) in [6.07, 6.45) is 0. The average molecular weight is 340 g/mol. The van der Waals surface area contributed by atoms with Gasteiger partial charge in [0.2, 0.25) is 0 Å². The van der Waals surface area contributed by atoms with Gasteiger partial charge in [-0.1, -0.05) is 6.07 Å². The molecule has 0 aromatic heterocycles. The number of sulfonamides is 1. The maximum absolute atomic E-state index is 13.6. The van der Waals surface area contributed by atoms with Crippen molar-refractivity contribution in [3.05, 3.63) is 48.0 Å². The Labute approximate surface area is 130 Å². The quantitative estimate of drug-likeness (QED) is 0.896. The number of benzene rings is 2. The van der Waals surface area contributed by atoms with E-state index in [0.717, 1.165) is 24.3 Å². The SMILES string of the molecule is O=C1COc2ccc(S(=O)(=O)Nc3c(F)cccc3F)cc2N1. The molecule has 23 heavy (non-hydrogen) atoms. The Bertz CT molecular complexity index is 879. The van der Waals surface area contributed by atoms with Crippen molar-refractivity contribution in [3.8, 4) is 5.75 Å². The van der Waals surface area contributed by atoms with Gasteiger partial charge in [0.1, 0.15) is 23.1 Å². The van der Waals surface area contributed by atoms with Gasteiger partial charge in [0.05, 0.1) is 10.6 Å². The second kappa shape index (κ2) is 5.51. The molecular formula is C14H10F2N2O4S. The van der Waals surface area contributed by atoms with E-state index in [1.54, 1.807) is 0 Å². The first kappa shape index (κ1) is 15.2. The summed E-state index contributed by atoms with van der Waals surface area (Å²) >= 11 is 0. The third-order valence-corrected chi connectivity index (χ3v) is 4.44. The fraction of sp³-hybridized carbons (Fsp3) is 0.0714. The van der Waals surface area contributed by atoms with Crippen LogP contribution in [0.2, 0.25) is 0 Å². The molecule has 0 fully saturated rings. The number of rotatable bonds is 3. The normalized spacial score (nSPS) is 13.7. The van der Waals surface area contributed by atoms with E-state index < -0.39 is 33.3 Å². The molecule has 1 heterocycles. The molecule has 0 bridgehead atoms. The van der Waals surface area contributed by atoms with Gasteiger partial charge in [-0.15, -0.1) is 0 Å². The first-order valence-electron chi connectivity index (χ1n) is 6.40. The Hall–Kier alpha value is -2.68. The Balaban J connectivity index is 1.97. The minimum Gasteiger partial charge on any atom is -0.482 e. The Morgan fingerprint density at radius 1 is 1.13 bits per heavy atom. The highest BCUT2D eigenvalue weighted by Gasteiger charge is 2.23. The fourth-order valence-electron chi connectivity index (χ4n) is 2.02.